The number of pyridine rings is 1. The molecule has 0 unspecified atom stereocenters. The summed E-state index contributed by atoms with van der Waals surface area (Å²) in [7, 11) is 0. The van der Waals surface area contributed by atoms with Gasteiger partial charge in [-0.15, -0.1) is 0 Å². The SMILES string of the molecule is C=Cc1cncc(F)c1C. The van der Waals surface area contributed by atoms with E-state index in [4.69, 9.17) is 0 Å². The molecule has 1 nitrogen and oxygen atoms in total. The lowest BCUT2D eigenvalue weighted by atomic mass is 10.1. The van der Waals surface area contributed by atoms with Gasteiger partial charge in [-0.3, -0.25) is 4.98 Å². The standard InChI is InChI=1S/C8H8FN/c1-3-7-4-10-5-8(9)6(7)2/h3-5H,1H2,2H3. The summed E-state index contributed by atoms with van der Waals surface area (Å²) in [4.78, 5) is 3.67. The molecule has 0 N–H and O–H groups in total. The Morgan fingerprint density at radius 2 is 2.30 bits per heavy atom. The van der Waals surface area contributed by atoms with Crippen LogP contribution >= 0.6 is 0 Å². The molecule has 0 saturated heterocycles. The molecule has 0 fully saturated rings. The van der Waals surface area contributed by atoms with Gasteiger partial charge in [-0.05, 0) is 18.1 Å². The first-order valence-electron chi connectivity index (χ1n) is 2.98. The fourth-order valence-corrected chi connectivity index (χ4v) is 0.720. The van der Waals surface area contributed by atoms with Crippen LogP contribution in [0.25, 0.3) is 6.08 Å². The molecule has 0 radical (unpaired) electrons. The van der Waals surface area contributed by atoms with Crippen LogP contribution in [0.15, 0.2) is 19.0 Å². The van der Waals surface area contributed by atoms with Crippen LogP contribution in [0.4, 0.5) is 4.39 Å². The van der Waals surface area contributed by atoms with Crippen molar-refractivity contribution in [3.63, 3.8) is 0 Å². The first kappa shape index (κ1) is 6.93. The molecule has 0 atom stereocenters. The number of rotatable bonds is 1. The van der Waals surface area contributed by atoms with Crippen molar-refractivity contribution in [2.45, 2.75) is 6.92 Å². The molecule has 0 aliphatic rings. The maximum atomic E-state index is 12.7. The van der Waals surface area contributed by atoms with Crippen LogP contribution in [0.3, 0.4) is 0 Å². The van der Waals surface area contributed by atoms with E-state index in [0.717, 1.165) is 5.56 Å². The minimum Gasteiger partial charge on any atom is -0.261 e. The van der Waals surface area contributed by atoms with Crippen LogP contribution in [0.1, 0.15) is 11.1 Å². The molecule has 0 amide bonds. The Kier molecular flexibility index (Phi) is 1.81. The number of aromatic nitrogens is 1. The van der Waals surface area contributed by atoms with Gasteiger partial charge in [0.05, 0.1) is 6.20 Å². The summed E-state index contributed by atoms with van der Waals surface area (Å²) in [6, 6.07) is 0. The van der Waals surface area contributed by atoms with Crippen LogP contribution in [0.2, 0.25) is 0 Å². The van der Waals surface area contributed by atoms with Crippen molar-refractivity contribution >= 4 is 6.08 Å². The lowest BCUT2D eigenvalue weighted by molar-refractivity contribution is 0.611. The highest BCUT2D eigenvalue weighted by atomic mass is 19.1. The molecule has 1 heterocycles. The second-order valence-electron chi connectivity index (χ2n) is 2.04. The van der Waals surface area contributed by atoms with E-state index in [0.29, 0.717) is 5.56 Å². The van der Waals surface area contributed by atoms with Crippen molar-refractivity contribution in [3.05, 3.63) is 35.9 Å². The third-order valence-corrected chi connectivity index (χ3v) is 1.41. The minimum atomic E-state index is -0.280. The molecule has 2 heteroatoms. The summed E-state index contributed by atoms with van der Waals surface area (Å²) in [5.74, 6) is -0.280. The predicted octanol–water partition coefficient (Wildman–Crippen LogP) is 2.17. The van der Waals surface area contributed by atoms with Crippen LogP contribution < -0.4 is 0 Å². The summed E-state index contributed by atoms with van der Waals surface area (Å²) < 4.78 is 12.7. The Bertz CT molecular complexity index is 255. The molecule has 0 aliphatic carbocycles. The Morgan fingerprint density at radius 3 is 2.80 bits per heavy atom. The summed E-state index contributed by atoms with van der Waals surface area (Å²) in [6.45, 7) is 5.23. The van der Waals surface area contributed by atoms with Gasteiger partial charge < -0.3 is 0 Å². The number of hydrogen-bond acceptors (Lipinski definition) is 1. The smallest absolute Gasteiger partial charge is 0.144 e. The van der Waals surface area contributed by atoms with E-state index in [2.05, 4.69) is 11.6 Å². The van der Waals surface area contributed by atoms with Crippen LogP contribution in [-0.2, 0) is 0 Å². The van der Waals surface area contributed by atoms with E-state index in [1.807, 2.05) is 0 Å². The van der Waals surface area contributed by atoms with Crippen molar-refractivity contribution in [2.24, 2.45) is 0 Å². The topological polar surface area (TPSA) is 12.9 Å². The first-order chi connectivity index (χ1) is 4.75. The van der Waals surface area contributed by atoms with Gasteiger partial charge in [0, 0.05) is 6.20 Å². The minimum absolute atomic E-state index is 0.280. The van der Waals surface area contributed by atoms with Gasteiger partial charge in [-0.1, -0.05) is 12.7 Å². The molecular weight excluding hydrogens is 129 g/mol. The summed E-state index contributed by atoms with van der Waals surface area (Å²) in [6.07, 6.45) is 4.37. The Labute approximate surface area is 59.2 Å². The summed E-state index contributed by atoms with van der Waals surface area (Å²) >= 11 is 0. The molecule has 1 rings (SSSR count). The zero-order chi connectivity index (χ0) is 7.56. The van der Waals surface area contributed by atoms with E-state index in [9.17, 15) is 4.39 Å². The number of halogens is 1. The highest BCUT2D eigenvalue weighted by Gasteiger charge is 1.98. The quantitative estimate of drug-likeness (QED) is 0.578. The lowest BCUT2D eigenvalue weighted by Gasteiger charge is -1.97. The molecule has 1 aromatic heterocycles. The summed E-state index contributed by atoms with van der Waals surface area (Å²) in [5.41, 5.74) is 1.35. The highest BCUT2D eigenvalue weighted by molar-refractivity contribution is 5.49. The van der Waals surface area contributed by atoms with E-state index in [-0.39, 0.29) is 5.82 Å². The Balaban J connectivity index is 3.27. The van der Waals surface area contributed by atoms with E-state index >= 15 is 0 Å². The first-order valence-corrected chi connectivity index (χ1v) is 2.98. The van der Waals surface area contributed by atoms with Gasteiger partial charge in [0.1, 0.15) is 5.82 Å². The average Bonchev–Trinajstić information content (AvgIpc) is 1.95. The van der Waals surface area contributed by atoms with Crippen molar-refractivity contribution in [2.75, 3.05) is 0 Å². The largest absolute Gasteiger partial charge is 0.261 e. The van der Waals surface area contributed by atoms with E-state index in [1.54, 1.807) is 19.2 Å². The molecular formula is C8H8FN. The molecule has 0 aromatic carbocycles. The summed E-state index contributed by atoms with van der Waals surface area (Å²) in [5, 5.41) is 0. The van der Waals surface area contributed by atoms with Gasteiger partial charge in [-0.2, -0.15) is 0 Å². The predicted molar refractivity (Wildman–Crippen MR) is 39.0 cm³/mol. The number of hydrogen-bond donors (Lipinski definition) is 0. The normalized spacial score (nSPS) is 9.40. The van der Waals surface area contributed by atoms with Crippen LogP contribution in [-0.4, -0.2) is 4.98 Å². The Hall–Kier alpha value is -1.18. The third-order valence-electron chi connectivity index (χ3n) is 1.41. The maximum absolute atomic E-state index is 12.7. The molecule has 1 aromatic rings. The van der Waals surface area contributed by atoms with Gasteiger partial charge in [0.15, 0.2) is 0 Å². The molecule has 10 heavy (non-hydrogen) atoms. The van der Waals surface area contributed by atoms with Gasteiger partial charge >= 0.3 is 0 Å². The average molecular weight is 137 g/mol. The van der Waals surface area contributed by atoms with Crippen molar-refractivity contribution in [3.8, 4) is 0 Å². The zero-order valence-electron chi connectivity index (χ0n) is 5.76. The maximum Gasteiger partial charge on any atom is 0.144 e. The fraction of sp³-hybridized carbons (Fsp3) is 0.125. The Morgan fingerprint density at radius 1 is 1.60 bits per heavy atom. The van der Waals surface area contributed by atoms with Crippen LogP contribution in [0, 0.1) is 12.7 Å². The van der Waals surface area contributed by atoms with Crippen molar-refractivity contribution < 1.29 is 4.39 Å². The second kappa shape index (κ2) is 2.60. The lowest BCUT2D eigenvalue weighted by Crippen LogP contribution is -1.87. The molecule has 0 spiro atoms. The van der Waals surface area contributed by atoms with Crippen LogP contribution in [0.5, 0.6) is 0 Å². The molecule has 52 valence electrons. The van der Waals surface area contributed by atoms with Crippen molar-refractivity contribution in [1.29, 1.82) is 0 Å². The highest BCUT2D eigenvalue weighted by Crippen LogP contribution is 2.10. The monoisotopic (exact) mass is 137 g/mol. The van der Waals surface area contributed by atoms with Gasteiger partial charge in [0.25, 0.3) is 0 Å². The fourth-order valence-electron chi connectivity index (χ4n) is 0.720. The zero-order valence-corrected chi connectivity index (χ0v) is 5.76. The van der Waals surface area contributed by atoms with Gasteiger partial charge in [-0.25, -0.2) is 4.39 Å². The van der Waals surface area contributed by atoms with Gasteiger partial charge in [0.2, 0.25) is 0 Å². The molecule has 0 saturated carbocycles. The molecule has 0 bridgehead atoms. The van der Waals surface area contributed by atoms with E-state index < -0.39 is 0 Å². The third kappa shape index (κ3) is 1.05. The number of nitrogens with zero attached hydrogens (tertiary/aromatic N) is 1. The van der Waals surface area contributed by atoms with E-state index in [1.165, 1.54) is 6.20 Å². The second-order valence-corrected chi connectivity index (χ2v) is 2.04. The molecule has 0 aliphatic heterocycles. The van der Waals surface area contributed by atoms with Crippen molar-refractivity contribution in [1.82, 2.24) is 4.98 Å².